The van der Waals surface area contributed by atoms with Crippen LogP contribution in [0.15, 0.2) is 0 Å². The molecule has 3 rings (SSSR count). The van der Waals surface area contributed by atoms with Crippen LogP contribution < -0.4 is 0 Å². The molecule has 3 aliphatic rings. The van der Waals surface area contributed by atoms with Gasteiger partial charge >= 0.3 is 5.97 Å². The molecule has 0 bridgehead atoms. The van der Waals surface area contributed by atoms with E-state index in [1.54, 1.807) is 4.90 Å². The highest BCUT2D eigenvalue weighted by Crippen LogP contribution is 2.45. The second-order valence-corrected chi connectivity index (χ2v) is 7.44. The molecule has 5 nitrogen and oxygen atoms in total. The van der Waals surface area contributed by atoms with Crippen molar-refractivity contribution >= 4 is 11.9 Å². The van der Waals surface area contributed by atoms with Gasteiger partial charge in [0.2, 0.25) is 0 Å². The Morgan fingerprint density at radius 2 is 1.96 bits per heavy atom. The van der Waals surface area contributed by atoms with Crippen LogP contribution in [0.4, 0.5) is 4.39 Å². The molecule has 2 atom stereocenters. The maximum absolute atomic E-state index is 14.5. The maximum atomic E-state index is 14.5. The summed E-state index contributed by atoms with van der Waals surface area (Å²) in [5, 5.41) is 0. The van der Waals surface area contributed by atoms with Gasteiger partial charge in [0.25, 0.3) is 5.91 Å². The molecule has 23 heavy (non-hydrogen) atoms. The third-order valence-corrected chi connectivity index (χ3v) is 5.86. The predicted octanol–water partition coefficient (Wildman–Crippen LogP) is 1.61. The smallest absolute Gasteiger partial charge is 0.313 e. The number of alkyl halides is 1. The Balaban J connectivity index is 1.79. The fourth-order valence-electron chi connectivity index (χ4n) is 4.46. The van der Waals surface area contributed by atoms with Crippen molar-refractivity contribution in [3.63, 3.8) is 0 Å². The molecule has 0 N–H and O–H groups in total. The summed E-state index contributed by atoms with van der Waals surface area (Å²) >= 11 is 0. The van der Waals surface area contributed by atoms with Crippen LogP contribution in [0.25, 0.3) is 0 Å². The normalized spacial score (nSPS) is 33.5. The number of rotatable bonds is 3. The molecule has 6 heteroatoms. The minimum atomic E-state index is -1.65. The van der Waals surface area contributed by atoms with E-state index >= 15 is 0 Å². The molecule has 1 saturated carbocycles. The standard InChI is InChI=1S/C17H27FN2O3/c1-3-23-15(22)16-6-5-9-20(11-13(16)10-19(2)12-16)14(21)17(18)7-4-8-17/h13H,3-12H2,1-2H3/t13-,16+/m1/s1. The van der Waals surface area contributed by atoms with E-state index < -0.39 is 11.1 Å². The van der Waals surface area contributed by atoms with Crippen LogP contribution in [0, 0.1) is 11.3 Å². The first-order valence-electron chi connectivity index (χ1n) is 8.75. The molecule has 2 heterocycles. The van der Waals surface area contributed by atoms with Gasteiger partial charge in [0, 0.05) is 32.1 Å². The van der Waals surface area contributed by atoms with Gasteiger partial charge in [0.1, 0.15) is 0 Å². The van der Waals surface area contributed by atoms with E-state index in [1.165, 1.54) is 0 Å². The Bertz CT molecular complexity index is 494. The zero-order chi connectivity index (χ0) is 16.7. The minimum Gasteiger partial charge on any atom is -0.466 e. The average Bonchev–Trinajstić information content (AvgIpc) is 2.69. The van der Waals surface area contributed by atoms with Crippen molar-refractivity contribution in [3.8, 4) is 0 Å². The first kappa shape index (κ1) is 16.7. The summed E-state index contributed by atoms with van der Waals surface area (Å²) in [4.78, 5) is 29.0. The summed E-state index contributed by atoms with van der Waals surface area (Å²) in [5.41, 5.74) is -2.19. The summed E-state index contributed by atoms with van der Waals surface area (Å²) in [7, 11) is 1.99. The highest BCUT2D eigenvalue weighted by atomic mass is 19.1. The number of fused-ring (bicyclic) bond motifs is 1. The highest BCUT2D eigenvalue weighted by Gasteiger charge is 2.55. The van der Waals surface area contributed by atoms with Crippen LogP contribution in [-0.2, 0) is 14.3 Å². The van der Waals surface area contributed by atoms with E-state index in [1.807, 2.05) is 14.0 Å². The number of hydrogen-bond acceptors (Lipinski definition) is 4. The Morgan fingerprint density at radius 1 is 1.22 bits per heavy atom. The number of likely N-dealkylation sites (tertiary alicyclic amines) is 2. The van der Waals surface area contributed by atoms with E-state index in [9.17, 15) is 14.0 Å². The number of carbonyl (C=O) groups is 2. The predicted molar refractivity (Wildman–Crippen MR) is 83.6 cm³/mol. The van der Waals surface area contributed by atoms with Gasteiger partial charge in [-0.1, -0.05) is 0 Å². The highest BCUT2D eigenvalue weighted by molar-refractivity contribution is 5.86. The topological polar surface area (TPSA) is 49.9 Å². The van der Waals surface area contributed by atoms with Crippen LogP contribution in [0.2, 0.25) is 0 Å². The number of carbonyl (C=O) groups excluding carboxylic acids is 2. The van der Waals surface area contributed by atoms with E-state index in [2.05, 4.69) is 4.90 Å². The number of nitrogens with zero attached hydrogens (tertiary/aromatic N) is 2. The van der Waals surface area contributed by atoms with Crippen molar-refractivity contribution in [2.24, 2.45) is 11.3 Å². The molecule has 0 radical (unpaired) electrons. The fraction of sp³-hybridized carbons (Fsp3) is 0.882. The summed E-state index contributed by atoms with van der Waals surface area (Å²) in [6.45, 7) is 4.62. The summed E-state index contributed by atoms with van der Waals surface area (Å²) in [6, 6.07) is 0. The average molecular weight is 326 g/mol. The van der Waals surface area contributed by atoms with Crippen molar-refractivity contribution < 1.29 is 18.7 Å². The molecular weight excluding hydrogens is 299 g/mol. The molecule has 130 valence electrons. The lowest BCUT2D eigenvalue weighted by Crippen LogP contribution is -2.52. The third-order valence-electron chi connectivity index (χ3n) is 5.86. The zero-order valence-corrected chi connectivity index (χ0v) is 14.1. The van der Waals surface area contributed by atoms with Crippen molar-refractivity contribution in [3.05, 3.63) is 0 Å². The molecule has 0 aromatic rings. The molecule has 2 saturated heterocycles. The molecular formula is C17H27FN2O3. The van der Waals surface area contributed by atoms with E-state index in [-0.39, 0.29) is 17.8 Å². The van der Waals surface area contributed by atoms with Crippen molar-refractivity contribution in [1.82, 2.24) is 9.80 Å². The first-order chi connectivity index (χ1) is 10.9. The quantitative estimate of drug-likeness (QED) is 0.740. The molecule has 0 spiro atoms. The van der Waals surface area contributed by atoms with Crippen LogP contribution in [0.1, 0.15) is 39.0 Å². The largest absolute Gasteiger partial charge is 0.466 e. The molecule has 0 aromatic carbocycles. The molecule has 3 fully saturated rings. The molecule has 0 unspecified atom stereocenters. The number of halogens is 1. The Morgan fingerprint density at radius 3 is 2.57 bits per heavy atom. The van der Waals surface area contributed by atoms with Gasteiger partial charge in [0.05, 0.1) is 12.0 Å². The summed E-state index contributed by atoms with van der Waals surface area (Å²) in [5.74, 6) is -0.484. The van der Waals surface area contributed by atoms with Gasteiger partial charge in [-0.2, -0.15) is 0 Å². The monoisotopic (exact) mass is 326 g/mol. The second-order valence-electron chi connectivity index (χ2n) is 7.44. The zero-order valence-electron chi connectivity index (χ0n) is 14.1. The molecule has 1 amide bonds. The van der Waals surface area contributed by atoms with Gasteiger partial charge < -0.3 is 14.5 Å². The third kappa shape index (κ3) is 2.75. The van der Waals surface area contributed by atoms with Crippen molar-refractivity contribution in [2.45, 2.75) is 44.7 Å². The SMILES string of the molecule is CCOC(=O)[C@]12CCCN(C(=O)C3(F)CCC3)C[C@H]1CN(C)C2. The molecule has 0 aromatic heterocycles. The number of esters is 1. The maximum Gasteiger partial charge on any atom is 0.313 e. The lowest BCUT2D eigenvalue weighted by molar-refractivity contribution is -0.158. The lowest BCUT2D eigenvalue weighted by Gasteiger charge is -2.38. The minimum absolute atomic E-state index is 0.0293. The van der Waals surface area contributed by atoms with E-state index in [4.69, 9.17) is 4.74 Å². The molecule has 1 aliphatic carbocycles. The van der Waals surface area contributed by atoms with E-state index in [0.717, 1.165) is 19.4 Å². The Hall–Kier alpha value is -1.17. The fourth-order valence-corrected chi connectivity index (χ4v) is 4.46. The van der Waals surface area contributed by atoms with Crippen LogP contribution in [0.3, 0.4) is 0 Å². The van der Waals surface area contributed by atoms with Crippen molar-refractivity contribution in [2.75, 3.05) is 39.8 Å². The van der Waals surface area contributed by atoms with Gasteiger partial charge in [-0.15, -0.1) is 0 Å². The first-order valence-corrected chi connectivity index (χ1v) is 8.75. The van der Waals surface area contributed by atoms with Gasteiger partial charge in [0.15, 0.2) is 5.67 Å². The number of amides is 1. The van der Waals surface area contributed by atoms with Gasteiger partial charge in [-0.3, -0.25) is 9.59 Å². The van der Waals surface area contributed by atoms with Crippen LogP contribution in [-0.4, -0.2) is 67.2 Å². The van der Waals surface area contributed by atoms with Gasteiger partial charge in [-0.05, 0) is 46.1 Å². The van der Waals surface area contributed by atoms with E-state index in [0.29, 0.717) is 45.5 Å². The van der Waals surface area contributed by atoms with Crippen molar-refractivity contribution in [1.29, 1.82) is 0 Å². The summed E-state index contributed by atoms with van der Waals surface area (Å²) in [6.07, 6.45) is 2.91. The molecule has 2 aliphatic heterocycles. The van der Waals surface area contributed by atoms with Crippen LogP contribution in [0.5, 0.6) is 0 Å². The number of hydrogen-bond donors (Lipinski definition) is 0. The second kappa shape index (κ2) is 6.04. The Kier molecular flexibility index (Phi) is 4.38. The Labute approximate surface area is 137 Å². The summed E-state index contributed by atoms with van der Waals surface area (Å²) < 4.78 is 19.9. The van der Waals surface area contributed by atoms with Crippen LogP contribution >= 0.6 is 0 Å². The van der Waals surface area contributed by atoms with Gasteiger partial charge in [-0.25, -0.2) is 4.39 Å². The lowest BCUT2D eigenvalue weighted by atomic mass is 9.75. The number of ether oxygens (including phenoxy) is 1.